The van der Waals surface area contributed by atoms with Gasteiger partial charge in [-0.2, -0.15) is 8.78 Å². The summed E-state index contributed by atoms with van der Waals surface area (Å²) in [7, 11) is 0. The third-order valence-electron chi connectivity index (χ3n) is 3.47. The number of alkyl halides is 2. The van der Waals surface area contributed by atoms with Crippen LogP contribution in [0.2, 0.25) is 0 Å². The molecule has 0 bridgehead atoms. The van der Waals surface area contributed by atoms with E-state index in [4.69, 9.17) is 9.84 Å². The van der Waals surface area contributed by atoms with Gasteiger partial charge in [0.1, 0.15) is 11.6 Å². The van der Waals surface area contributed by atoms with Crippen LogP contribution in [0.5, 0.6) is 0 Å². The smallest absolute Gasteiger partial charge is 0.408 e. The summed E-state index contributed by atoms with van der Waals surface area (Å²) in [5.74, 6) is -6.80. The van der Waals surface area contributed by atoms with Crippen LogP contribution in [0.1, 0.15) is 52.9 Å². The summed E-state index contributed by atoms with van der Waals surface area (Å²) >= 11 is 0. The molecule has 7 heteroatoms. The van der Waals surface area contributed by atoms with Crippen molar-refractivity contribution in [3.63, 3.8) is 0 Å². The summed E-state index contributed by atoms with van der Waals surface area (Å²) in [6.45, 7) is 4.83. The van der Waals surface area contributed by atoms with Crippen molar-refractivity contribution in [1.82, 2.24) is 5.32 Å². The minimum atomic E-state index is -4.01. The molecular weight excluding hydrogens is 284 g/mol. The third kappa shape index (κ3) is 5.13. The van der Waals surface area contributed by atoms with Gasteiger partial charge in [0.25, 0.3) is 0 Å². The van der Waals surface area contributed by atoms with Crippen LogP contribution in [0.4, 0.5) is 13.6 Å². The molecule has 1 amide bonds. The van der Waals surface area contributed by atoms with Crippen LogP contribution in [0.3, 0.4) is 0 Å². The van der Waals surface area contributed by atoms with Crippen molar-refractivity contribution in [2.75, 3.05) is 0 Å². The molecule has 122 valence electrons. The van der Waals surface area contributed by atoms with E-state index in [1.165, 1.54) is 0 Å². The molecule has 0 aromatic heterocycles. The number of hydrogen-bond acceptors (Lipinski definition) is 3. The van der Waals surface area contributed by atoms with E-state index in [-0.39, 0.29) is 0 Å². The van der Waals surface area contributed by atoms with Gasteiger partial charge >= 0.3 is 18.0 Å². The number of hydrogen-bond donors (Lipinski definition) is 2. The fraction of sp³-hybridized carbons (Fsp3) is 0.857. The molecule has 0 radical (unpaired) electrons. The van der Waals surface area contributed by atoms with E-state index in [0.29, 0.717) is 12.8 Å². The maximum absolute atomic E-state index is 13.9. The first-order valence-electron chi connectivity index (χ1n) is 7.15. The van der Waals surface area contributed by atoms with Gasteiger partial charge in [-0.05, 0) is 39.5 Å². The molecule has 1 unspecified atom stereocenters. The van der Waals surface area contributed by atoms with E-state index in [1.54, 1.807) is 20.8 Å². The van der Waals surface area contributed by atoms with E-state index < -0.39 is 35.5 Å². The number of rotatable bonds is 4. The monoisotopic (exact) mass is 307 g/mol. The Hall–Kier alpha value is -1.40. The first-order chi connectivity index (χ1) is 9.54. The number of amides is 1. The Labute approximate surface area is 123 Å². The van der Waals surface area contributed by atoms with Gasteiger partial charge in [0, 0.05) is 0 Å². The molecule has 5 nitrogen and oxygen atoms in total. The van der Waals surface area contributed by atoms with Crippen molar-refractivity contribution in [3.8, 4) is 0 Å². The number of alkyl carbamates (subject to hydrolysis) is 1. The third-order valence-corrected chi connectivity index (χ3v) is 3.47. The first-order valence-corrected chi connectivity index (χ1v) is 7.15. The van der Waals surface area contributed by atoms with Gasteiger partial charge in [0.15, 0.2) is 0 Å². The molecule has 0 saturated heterocycles. The van der Waals surface area contributed by atoms with E-state index in [2.05, 4.69) is 5.32 Å². The molecule has 1 aliphatic rings. The van der Waals surface area contributed by atoms with Gasteiger partial charge in [0.2, 0.25) is 0 Å². The van der Waals surface area contributed by atoms with E-state index in [9.17, 15) is 18.4 Å². The fourth-order valence-electron chi connectivity index (χ4n) is 2.54. The number of carboxylic acids is 1. The minimum absolute atomic E-state index is 0.476. The molecule has 0 spiro atoms. The average molecular weight is 307 g/mol. The van der Waals surface area contributed by atoms with Crippen molar-refractivity contribution in [2.45, 2.75) is 70.4 Å². The highest BCUT2D eigenvalue weighted by Crippen LogP contribution is 2.34. The van der Waals surface area contributed by atoms with Crippen LogP contribution in [0.25, 0.3) is 0 Å². The zero-order valence-electron chi connectivity index (χ0n) is 12.6. The van der Waals surface area contributed by atoms with Gasteiger partial charge < -0.3 is 15.2 Å². The highest BCUT2D eigenvalue weighted by atomic mass is 19.3. The van der Waals surface area contributed by atoms with Crippen molar-refractivity contribution in [1.29, 1.82) is 0 Å². The van der Waals surface area contributed by atoms with Crippen LogP contribution in [0, 0.1) is 5.92 Å². The Kier molecular flexibility index (Phi) is 5.53. The van der Waals surface area contributed by atoms with E-state index >= 15 is 0 Å². The summed E-state index contributed by atoms with van der Waals surface area (Å²) in [6, 6.07) is -1.75. The molecule has 0 aromatic carbocycles. The average Bonchev–Trinajstić information content (AvgIpc) is 2.34. The Morgan fingerprint density at radius 3 is 2.14 bits per heavy atom. The van der Waals surface area contributed by atoms with Crippen LogP contribution in [-0.4, -0.2) is 34.7 Å². The van der Waals surface area contributed by atoms with E-state index in [0.717, 1.165) is 19.3 Å². The summed E-state index contributed by atoms with van der Waals surface area (Å²) in [5.41, 5.74) is -0.834. The summed E-state index contributed by atoms with van der Waals surface area (Å²) in [6.07, 6.45) is 2.39. The molecule has 1 rings (SSSR count). The highest BCUT2D eigenvalue weighted by Gasteiger charge is 2.52. The summed E-state index contributed by atoms with van der Waals surface area (Å²) in [4.78, 5) is 22.6. The second-order valence-corrected chi connectivity index (χ2v) is 6.45. The van der Waals surface area contributed by atoms with Crippen LogP contribution >= 0.6 is 0 Å². The van der Waals surface area contributed by atoms with Crippen LogP contribution in [-0.2, 0) is 9.53 Å². The molecule has 0 heterocycles. The van der Waals surface area contributed by atoms with Gasteiger partial charge in [-0.25, -0.2) is 9.59 Å². The Morgan fingerprint density at radius 1 is 1.19 bits per heavy atom. The fourth-order valence-corrected chi connectivity index (χ4v) is 2.54. The molecule has 1 atom stereocenters. The molecule has 1 aliphatic carbocycles. The molecule has 0 aromatic rings. The minimum Gasteiger partial charge on any atom is -0.477 e. The maximum Gasteiger partial charge on any atom is 0.408 e. The SMILES string of the molecule is CC(C)(C)OC(=O)NC(C1CCCCC1)C(F)(F)C(=O)O. The lowest BCUT2D eigenvalue weighted by atomic mass is 9.81. The van der Waals surface area contributed by atoms with Gasteiger partial charge in [-0.1, -0.05) is 19.3 Å². The number of nitrogens with one attached hydrogen (secondary N) is 1. The zero-order valence-corrected chi connectivity index (χ0v) is 12.6. The van der Waals surface area contributed by atoms with Gasteiger partial charge in [-0.15, -0.1) is 0 Å². The highest BCUT2D eigenvalue weighted by molar-refractivity contribution is 5.78. The predicted molar refractivity (Wildman–Crippen MR) is 72.3 cm³/mol. The molecule has 1 saturated carbocycles. The normalized spacial score (nSPS) is 18.9. The number of aliphatic carboxylic acids is 1. The van der Waals surface area contributed by atoms with Crippen LogP contribution < -0.4 is 5.32 Å². The maximum atomic E-state index is 13.9. The van der Waals surface area contributed by atoms with Crippen molar-refractivity contribution in [2.24, 2.45) is 5.92 Å². The lowest BCUT2D eigenvalue weighted by Crippen LogP contribution is -2.56. The predicted octanol–water partition coefficient (Wildman–Crippen LogP) is 3.18. The second kappa shape index (κ2) is 6.58. The Bertz CT molecular complexity index is 387. The number of ether oxygens (including phenoxy) is 1. The molecule has 1 fully saturated rings. The van der Waals surface area contributed by atoms with Crippen molar-refractivity contribution < 1.29 is 28.2 Å². The van der Waals surface area contributed by atoms with Crippen molar-refractivity contribution >= 4 is 12.1 Å². The number of carbonyl (C=O) groups excluding carboxylic acids is 1. The van der Waals surface area contributed by atoms with Gasteiger partial charge in [-0.3, -0.25) is 0 Å². The number of carbonyl (C=O) groups is 2. The lowest BCUT2D eigenvalue weighted by Gasteiger charge is -2.34. The van der Waals surface area contributed by atoms with Gasteiger partial charge in [0.05, 0.1) is 0 Å². The second-order valence-electron chi connectivity index (χ2n) is 6.45. The largest absolute Gasteiger partial charge is 0.477 e. The first kappa shape index (κ1) is 17.7. The van der Waals surface area contributed by atoms with Crippen LogP contribution in [0.15, 0.2) is 0 Å². The van der Waals surface area contributed by atoms with E-state index in [1.807, 2.05) is 0 Å². The standard InChI is InChI=1S/C14H23F2NO4/c1-13(2,3)21-12(20)17-10(14(15,16)11(18)19)9-7-5-4-6-8-9/h9-10H,4-8H2,1-3H3,(H,17,20)(H,18,19). The Balaban J connectivity index is 2.86. The summed E-state index contributed by atoms with van der Waals surface area (Å²) < 4.78 is 32.8. The molecular formula is C14H23F2NO4. The zero-order chi connectivity index (χ0) is 16.3. The number of halogens is 2. The number of carboxylic acid groups (broad SMARTS) is 1. The van der Waals surface area contributed by atoms with Crippen molar-refractivity contribution in [3.05, 3.63) is 0 Å². The Morgan fingerprint density at radius 2 is 1.71 bits per heavy atom. The summed E-state index contributed by atoms with van der Waals surface area (Å²) in [5, 5.41) is 10.8. The lowest BCUT2D eigenvalue weighted by molar-refractivity contribution is -0.172. The molecule has 0 aliphatic heterocycles. The topological polar surface area (TPSA) is 75.6 Å². The quantitative estimate of drug-likeness (QED) is 0.836. The molecule has 21 heavy (non-hydrogen) atoms. The molecule has 2 N–H and O–H groups in total.